The Bertz CT molecular complexity index is 1170. The fraction of sp³-hybridized carbons (Fsp3) is 0.0526. The van der Waals surface area contributed by atoms with Gasteiger partial charge in [0.25, 0.3) is 11.8 Å². The Balaban J connectivity index is 1.97. The van der Waals surface area contributed by atoms with E-state index >= 15 is 0 Å². The molecule has 2 aromatic heterocycles. The van der Waals surface area contributed by atoms with Gasteiger partial charge in [0.05, 0.1) is 34.0 Å². The highest BCUT2D eigenvalue weighted by molar-refractivity contribution is 7.13. The number of carbonyl (C=O) groups is 2. The standard InChI is InChI=1S/C19H11Cl3N4O3S/c1-29-13-5-11(21)4-12(18(27)25-14-3-2-10(20)7-24-14)16(13)26-19(28)17-15(22)9(6-23)8-30-17/h2-5,7-8H,1H3,(H,26,28)(H,24,25,27). The van der Waals surface area contributed by atoms with Crippen LogP contribution in [0.5, 0.6) is 5.75 Å². The van der Waals surface area contributed by atoms with Crippen molar-refractivity contribution in [3.05, 3.63) is 66.9 Å². The molecule has 0 unspecified atom stereocenters. The maximum Gasteiger partial charge on any atom is 0.267 e. The second-order valence-corrected chi connectivity index (χ2v) is 7.84. The molecule has 2 heterocycles. The van der Waals surface area contributed by atoms with Crippen molar-refractivity contribution in [2.75, 3.05) is 17.7 Å². The van der Waals surface area contributed by atoms with Gasteiger partial charge in [-0.2, -0.15) is 5.26 Å². The van der Waals surface area contributed by atoms with E-state index in [9.17, 15) is 9.59 Å². The van der Waals surface area contributed by atoms with Crippen molar-refractivity contribution >= 4 is 69.5 Å². The van der Waals surface area contributed by atoms with Crippen LogP contribution in [0.25, 0.3) is 0 Å². The first-order chi connectivity index (χ1) is 14.3. The van der Waals surface area contributed by atoms with Crippen LogP contribution >= 0.6 is 46.1 Å². The minimum Gasteiger partial charge on any atom is -0.494 e. The molecule has 152 valence electrons. The number of nitrogens with one attached hydrogen (secondary N) is 2. The number of rotatable bonds is 5. The molecule has 7 nitrogen and oxygen atoms in total. The molecule has 0 saturated heterocycles. The zero-order chi connectivity index (χ0) is 21.8. The Kier molecular flexibility index (Phi) is 6.80. The molecule has 0 aliphatic carbocycles. The molecule has 0 saturated carbocycles. The number of aromatic nitrogens is 1. The van der Waals surface area contributed by atoms with E-state index in [1.165, 1.54) is 36.9 Å². The van der Waals surface area contributed by atoms with Crippen molar-refractivity contribution in [1.29, 1.82) is 5.26 Å². The van der Waals surface area contributed by atoms with E-state index in [-0.39, 0.29) is 43.3 Å². The van der Waals surface area contributed by atoms with Gasteiger partial charge in [-0.05, 0) is 18.2 Å². The summed E-state index contributed by atoms with van der Waals surface area (Å²) in [5, 5.41) is 16.4. The Labute approximate surface area is 190 Å². The fourth-order valence-electron chi connectivity index (χ4n) is 2.43. The average molecular weight is 482 g/mol. The highest BCUT2D eigenvalue weighted by Crippen LogP contribution is 2.35. The maximum absolute atomic E-state index is 12.9. The molecule has 3 aromatic rings. The summed E-state index contributed by atoms with van der Waals surface area (Å²) in [5.74, 6) is -0.777. The second-order valence-electron chi connectivity index (χ2n) is 5.70. The molecule has 0 fully saturated rings. The first-order valence-electron chi connectivity index (χ1n) is 8.13. The number of halogens is 3. The number of nitriles is 1. The topological polar surface area (TPSA) is 104 Å². The minimum atomic E-state index is -0.606. The Morgan fingerprint density at radius 2 is 1.90 bits per heavy atom. The lowest BCUT2D eigenvalue weighted by molar-refractivity contribution is 0.102. The largest absolute Gasteiger partial charge is 0.494 e. The van der Waals surface area contributed by atoms with Gasteiger partial charge in [0, 0.05) is 22.7 Å². The number of benzene rings is 1. The maximum atomic E-state index is 12.9. The Hall–Kier alpha value is -2.83. The fourth-order valence-corrected chi connectivity index (χ4v) is 3.91. The van der Waals surface area contributed by atoms with E-state index in [1.54, 1.807) is 6.07 Å². The minimum absolute atomic E-state index is 0.0318. The predicted molar refractivity (Wildman–Crippen MR) is 117 cm³/mol. The third-order valence-electron chi connectivity index (χ3n) is 3.80. The molecule has 2 N–H and O–H groups in total. The number of thiophene rings is 1. The van der Waals surface area contributed by atoms with Gasteiger partial charge in [0.2, 0.25) is 0 Å². The summed E-state index contributed by atoms with van der Waals surface area (Å²) in [6.45, 7) is 0. The van der Waals surface area contributed by atoms with E-state index in [1.807, 2.05) is 6.07 Å². The lowest BCUT2D eigenvalue weighted by Gasteiger charge is -2.15. The number of hydrogen-bond donors (Lipinski definition) is 2. The van der Waals surface area contributed by atoms with E-state index in [4.69, 9.17) is 44.8 Å². The van der Waals surface area contributed by atoms with Crippen molar-refractivity contribution in [2.24, 2.45) is 0 Å². The zero-order valence-electron chi connectivity index (χ0n) is 15.1. The monoisotopic (exact) mass is 480 g/mol. The van der Waals surface area contributed by atoms with Gasteiger partial charge in [-0.25, -0.2) is 4.98 Å². The van der Waals surface area contributed by atoms with Crippen LogP contribution in [0.3, 0.4) is 0 Å². The molecular weight excluding hydrogens is 471 g/mol. The molecule has 1 aromatic carbocycles. The zero-order valence-corrected chi connectivity index (χ0v) is 18.2. The summed E-state index contributed by atoms with van der Waals surface area (Å²) in [6.07, 6.45) is 1.38. The van der Waals surface area contributed by atoms with E-state index in [2.05, 4.69) is 15.6 Å². The summed E-state index contributed by atoms with van der Waals surface area (Å²) in [4.78, 5) is 29.7. The number of nitrogens with zero attached hydrogens (tertiary/aromatic N) is 2. The highest BCUT2D eigenvalue weighted by atomic mass is 35.5. The third kappa shape index (κ3) is 4.66. The van der Waals surface area contributed by atoms with E-state index in [0.717, 1.165) is 11.3 Å². The lowest BCUT2D eigenvalue weighted by Crippen LogP contribution is -2.19. The molecule has 30 heavy (non-hydrogen) atoms. The van der Waals surface area contributed by atoms with Crippen LogP contribution in [-0.2, 0) is 0 Å². The van der Waals surface area contributed by atoms with Crippen LogP contribution in [0, 0.1) is 11.3 Å². The van der Waals surface area contributed by atoms with Gasteiger partial charge in [0.15, 0.2) is 0 Å². The summed E-state index contributed by atoms with van der Waals surface area (Å²) >= 11 is 19.0. The van der Waals surface area contributed by atoms with E-state index < -0.39 is 11.8 Å². The summed E-state index contributed by atoms with van der Waals surface area (Å²) in [5.41, 5.74) is 0.306. The van der Waals surface area contributed by atoms with Crippen molar-refractivity contribution in [1.82, 2.24) is 4.98 Å². The quantitative estimate of drug-likeness (QED) is 0.501. The summed E-state index contributed by atoms with van der Waals surface area (Å²) in [6, 6.07) is 7.82. The Morgan fingerprint density at radius 3 is 2.50 bits per heavy atom. The van der Waals surface area contributed by atoms with Crippen LogP contribution in [0.2, 0.25) is 15.1 Å². The van der Waals surface area contributed by atoms with Gasteiger partial charge in [-0.15, -0.1) is 11.3 Å². The van der Waals surface area contributed by atoms with Gasteiger partial charge in [-0.1, -0.05) is 34.8 Å². The van der Waals surface area contributed by atoms with Crippen molar-refractivity contribution in [2.45, 2.75) is 0 Å². The average Bonchev–Trinajstić information content (AvgIpc) is 3.11. The number of methoxy groups -OCH3 is 1. The van der Waals surface area contributed by atoms with Crippen LogP contribution in [0.1, 0.15) is 25.6 Å². The van der Waals surface area contributed by atoms with Crippen molar-refractivity contribution in [3.63, 3.8) is 0 Å². The van der Waals surface area contributed by atoms with Gasteiger partial charge in [-0.3, -0.25) is 9.59 Å². The first kappa shape index (κ1) is 21.9. The van der Waals surface area contributed by atoms with Crippen LogP contribution in [0.15, 0.2) is 35.8 Å². The van der Waals surface area contributed by atoms with Gasteiger partial charge < -0.3 is 15.4 Å². The smallest absolute Gasteiger partial charge is 0.267 e. The number of hydrogen-bond acceptors (Lipinski definition) is 6. The third-order valence-corrected chi connectivity index (χ3v) is 5.72. The van der Waals surface area contributed by atoms with Crippen LogP contribution < -0.4 is 15.4 Å². The molecule has 0 spiro atoms. The lowest BCUT2D eigenvalue weighted by atomic mass is 10.1. The van der Waals surface area contributed by atoms with Crippen molar-refractivity contribution in [3.8, 4) is 11.8 Å². The SMILES string of the molecule is COc1cc(Cl)cc(C(=O)Nc2ccc(Cl)cn2)c1NC(=O)c1scc(C#N)c1Cl. The predicted octanol–water partition coefficient (Wildman–Crippen LogP) is 5.49. The number of ether oxygens (including phenoxy) is 1. The van der Waals surface area contributed by atoms with Gasteiger partial charge >= 0.3 is 0 Å². The van der Waals surface area contributed by atoms with Crippen LogP contribution in [0.4, 0.5) is 11.5 Å². The molecule has 0 bridgehead atoms. The summed E-state index contributed by atoms with van der Waals surface area (Å²) < 4.78 is 5.28. The summed E-state index contributed by atoms with van der Waals surface area (Å²) in [7, 11) is 1.37. The van der Waals surface area contributed by atoms with Gasteiger partial charge in [0.1, 0.15) is 22.5 Å². The first-order valence-corrected chi connectivity index (χ1v) is 10.1. The molecule has 0 radical (unpaired) electrons. The normalized spacial score (nSPS) is 10.2. The molecule has 0 aliphatic rings. The number of pyridine rings is 1. The number of carbonyl (C=O) groups excluding carboxylic acids is 2. The van der Waals surface area contributed by atoms with Crippen molar-refractivity contribution < 1.29 is 14.3 Å². The molecule has 0 atom stereocenters. The van der Waals surface area contributed by atoms with E-state index in [0.29, 0.717) is 5.02 Å². The number of amides is 2. The Morgan fingerprint density at radius 1 is 1.13 bits per heavy atom. The molecule has 0 aliphatic heterocycles. The molecule has 11 heteroatoms. The van der Waals surface area contributed by atoms with Crippen LogP contribution in [-0.4, -0.2) is 23.9 Å². The molecule has 3 rings (SSSR count). The number of anilines is 2. The molecular formula is C19H11Cl3N4O3S. The molecule has 2 amide bonds. The second kappa shape index (κ2) is 9.32. The highest BCUT2D eigenvalue weighted by Gasteiger charge is 2.23.